The molecule has 3 aromatic heterocycles. The first-order chi connectivity index (χ1) is 15.7. The number of fused-ring (bicyclic) bond motifs is 2. The number of aromatic nitrogens is 5. The van der Waals surface area contributed by atoms with E-state index in [1.807, 2.05) is 24.3 Å². The molecule has 1 aromatic carbocycles. The van der Waals surface area contributed by atoms with Gasteiger partial charge in [-0.25, -0.2) is 9.97 Å². The highest BCUT2D eigenvalue weighted by Crippen LogP contribution is 2.31. The average molecular weight is 429 g/mol. The lowest BCUT2D eigenvalue weighted by atomic mass is 10.2. The minimum absolute atomic E-state index is 0.0479. The van der Waals surface area contributed by atoms with Crippen LogP contribution < -0.4 is 21.9 Å². The number of hydrogen-bond donors (Lipinski definition) is 4. The van der Waals surface area contributed by atoms with Crippen molar-refractivity contribution in [2.75, 3.05) is 23.7 Å². The second-order valence-electron chi connectivity index (χ2n) is 7.91. The molecular formula is C22H23N9O. The van der Waals surface area contributed by atoms with Crippen molar-refractivity contribution < 1.29 is 0 Å². The van der Waals surface area contributed by atoms with E-state index >= 15 is 0 Å². The fraction of sp³-hybridized carbons (Fsp3) is 0.318. The Morgan fingerprint density at radius 2 is 2.09 bits per heavy atom. The number of nitrogens with two attached hydrogens (primary N) is 1. The van der Waals surface area contributed by atoms with Gasteiger partial charge in [-0.1, -0.05) is 12.8 Å². The number of nitrogens with zero attached hydrogens (tertiary/aromatic N) is 5. The maximum absolute atomic E-state index is 12.9. The number of H-pyrrole nitrogens is 1. The molecule has 0 atom stereocenters. The summed E-state index contributed by atoms with van der Waals surface area (Å²) in [6, 6.07) is 9.44. The summed E-state index contributed by atoms with van der Waals surface area (Å²) >= 11 is 0. The van der Waals surface area contributed by atoms with E-state index in [0.717, 1.165) is 42.4 Å². The van der Waals surface area contributed by atoms with Crippen LogP contribution in [-0.2, 0) is 0 Å². The molecule has 32 heavy (non-hydrogen) atoms. The maximum atomic E-state index is 12.9. The van der Waals surface area contributed by atoms with Crippen LogP contribution in [0.3, 0.4) is 0 Å². The lowest BCUT2D eigenvalue weighted by Crippen LogP contribution is -2.26. The Morgan fingerprint density at radius 1 is 1.25 bits per heavy atom. The van der Waals surface area contributed by atoms with E-state index in [9.17, 15) is 10.1 Å². The molecule has 10 nitrogen and oxygen atoms in total. The van der Waals surface area contributed by atoms with Gasteiger partial charge in [-0.15, -0.1) is 0 Å². The van der Waals surface area contributed by atoms with Crippen LogP contribution in [0.1, 0.15) is 37.3 Å². The Labute approximate surface area is 183 Å². The molecule has 1 aliphatic carbocycles. The number of aromatic amines is 1. The van der Waals surface area contributed by atoms with Crippen molar-refractivity contribution in [2.24, 2.45) is 5.73 Å². The molecule has 0 radical (unpaired) electrons. The number of hydrogen-bond acceptors (Lipinski definition) is 8. The molecule has 0 spiro atoms. The van der Waals surface area contributed by atoms with Crippen molar-refractivity contribution in [1.29, 1.82) is 5.26 Å². The molecule has 0 bridgehead atoms. The van der Waals surface area contributed by atoms with Gasteiger partial charge in [-0.3, -0.25) is 14.7 Å². The zero-order valence-electron chi connectivity index (χ0n) is 17.4. The summed E-state index contributed by atoms with van der Waals surface area (Å²) in [6.07, 6.45) is 5.56. The Kier molecular flexibility index (Phi) is 5.17. The summed E-state index contributed by atoms with van der Waals surface area (Å²) in [6.45, 7) is 1.24. The third-order valence-electron chi connectivity index (χ3n) is 5.77. The van der Waals surface area contributed by atoms with Crippen LogP contribution in [0.25, 0.3) is 22.1 Å². The van der Waals surface area contributed by atoms with Crippen LogP contribution in [0.2, 0.25) is 0 Å². The van der Waals surface area contributed by atoms with Crippen LogP contribution in [-0.4, -0.2) is 37.6 Å². The topological polar surface area (TPSA) is 150 Å². The van der Waals surface area contributed by atoms with Crippen molar-refractivity contribution in [3.63, 3.8) is 0 Å². The van der Waals surface area contributed by atoms with Gasteiger partial charge < -0.3 is 16.0 Å². The lowest BCUT2D eigenvalue weighted by Gasteiger charge is -2.16. The van der Waals surface area contributed by atoms with Gasteiger partial charge in [-0.05, 0) is 37.1 Å². The number of pyridine rings is 1. The van der Waals surface area contributed by atoms with Crippen molar-refractivity contribution in [3.05, 3.63) is 46.4 Å². The van der Waals surface area contributed by atoms with Gasteiger partial charge in [0, 0.05) is 36.4 Å². The van der Waals surface area contributed by atoms with E-state index in [1.165, 1.54) is 0 Å². The van der Waals surface area contributed by atoms with Gasteiger partial charge in [0.1, 0.15) is 17.3 Å². The van der Waals surface area contributed by atoms with Gasteiger partial charge >= 0.3 is 0 Å². The molecule has 0 amide bonds. The molecular weight excluding hydrogens is 406 g/mol. The zero-order valence-corrected chi connectivity index (χ0v) is 17.4. The highest BCUT2D eigenvalue weighted by atomic mass is 16.1. The van der Waals surface area contributed by atoms with Gasteiger partial charge in [0.25, 0.3) is 5.56 Å². The summed E-state index contributed by atoms with van der Waals surface area (Å²) in [5.74, 6) is 0.827. The molecule has 10 heteroatoms. The van der Waals surface area contributed by atoms with Crippen molar-refractivity contribution >= 4 is 39.7 Å². The first kappa shape index (κ1) is 20.0. The average Bonchev–Trinajstić information content (AvgIpc) is 3.46. The van der Waals surface area contributed by atoms with Crippen molar-refractivity contribution in [2.45, 2.75) is 31.7 Å². The van der Waals surface area contributed by atoms with E-state index in [2.05, 4.69) is 30.6 Å². The molecule has 3 heterocycles. The number of nitrogens with one attached hydrogen (secondary N) is 3. The van der Waals surface area contributed by atoms with Crippen molar-refractivity contribution in [3.8, 4) is 6.07 Å². The number of nitriles is 1. The van der Waals surface area contributed by atoms with E-state index in [-0.39, 0.29) is 17.2 Å². The Bertz CT molecular complexity index is 1390. The van der Waals surface area contributed by atoms with Gasteiger partial charge in [0.2, 0.25) is 11.9 Å². The summed E-state index contributed by atoms with van der Waals surface area (Å²) in [4.78, 5) is 29.7. The summed E-state index contributed by atoms with van der Waals surface area (Å²) in [5, 5.41) is 16.4. The fourth-order valence-electron chi connectivity index (χ4n) is 4.26. The molecule has 0 saturated heterocycles. The normalized spacial score (nSPS) is 14.1. The Balaban J connectivity index is 1.51. The first-order valence-corrected chi connectivity index (χ1v) is 10.7. The third-order valence-corrected chi connectivity index (χ3v) is 5.77. The van der Waals surface area contributed by atoms with Crippen LogP contribution in [0.4, 0.5) is 17.6 Å². The lowest BCUT2D eigenvalue weighted by molar-refractivity contribution is 0.515. The first-order valence-electron chi connectivity index (χ1n) is 10.7. The van der Waals surface area contributed by atoms with E-state index in [0.29, 0.717) is 36.0 Å². The predicted molar refractivity (Wildman–Crippen MR) is 123 cm³/mol. The summed E-state index contributed by atoms with van der Waals surface area (Å²) in [7, 11) is 0. The predicted octanol–water partition coefficient (Wildman–Crippen LogP) is 2.77. The van der Waals surface area contributed by atoms with Gasteiger partial charge in [0.05, 0.1) is 11.0 Å². The fourth-order valence-corrected chi connectivity index (χ4v) is 4.26. The third kappa shape index (κ3) is 3.63. The molecule has 0 unspecified atom stereocenters. The van der Waals surface area contributed by atoms with Crippen LogP contribution in [0.15, 0.2) is 35.3 Å². The second-order valence-corrected chi connectivity index (χ2v) is 7.91. The van der Waals surface area contributed by atoms with Crippen LogP contribution in [0.5, 0.6) is 0 Å². The zero-order chi connectivity index (χ0) is 22.1. The minimum Gasteiger partial charge on any atom is -0.384 e. The standard InChI is InChI=1S/C22H23N9O/c23-7-8-25-15-5-6-17-18(10-15)28-22(27-17)30-21-26-12-14-9-13(11-24)20(32)31(19(14)29-21)16-3-1-2-4-16/h5-6,9-10,12,16,25H,1-4,7-8,23H2,(H2,26,27,28,29,30). The molecule has 1 aliphatic rings. The van der Waals surface area contributed by atoms with Gasteiger partial charge in [0.15, 0.2) is 0 Å². The van der Waals surface area contributed by atoms with Crippen LogP contribution >= 0.6 is 0 Å². The van der Waals surface area contributed by atoms with Crippen molar-refractivity contribution in [1.82, 2.24) is 24.5 Å². The summed E-state index contributed by atoms with van der Waals surface area (Å²) < 4.78 is 1.67. The van der Waals surface area contributed by atoms with E-state index < -0.39 is 0 Å². The Hall–Kier alpha value is -3.97. The van der Waals surface area contributed by atoms with E-state index in [4.69, 9.17) is 5.73 Å². The number of imidazole rings is 1. The number of anilines is 3. The number of benzene rings is 1. The molecule has 162 valence electrons. The highest BCUT2D eigenvalue weighted by Gasteiger charge is 2.22. The molecule has 5 rings (SSSR count). The highest BCUT2D eigenvalue weighted by molar-refractivity contribution is 5.82. The molecule has 0 aliphatic heterocycles. The van der Waals surface area contributed by atoms with Gasteiger partial charge in [-0.2, -0.15) is 10.2 Å². The summed E-state index contributed by atoms with van der Waals surface area (Å²) in [5.41, 5.74) is 8.51. The number of rotatable bonds is 6. The molecule has 1 saturated carbocycles. The second kappa shape index (κ2) is 8.28. The smallest absolute Gasteiger partial charge is 0.270 e. The maximum Gasteiger partial charge on any atom is 0.270 e. The molecule has 1 fully saturated rings. The largest absolute Gasteiger partial charge is 0.384 e. The monoisotopic (exact) mass is 429 g/mol. The quantitative estimate of drug-likeness (QED) is 0.365. The van der Waals surface area contributed by atoms with Crippen LogP contribution in [0, 0.1) is 11.3 Å². The molecule has 4 aromatic rings. The molecule has 5 N–H and O–H groups in total. The SMILES string of the molecule is N#Cc1cc2cnc(Nc3nc4ccc(NCCN)cc4[nH]3)nc2n(C2CCCC2)c1=O. The van der Waals surface area contributed by atoms with E-state index in [1.54, 1.807) is 16.8 Å². The Morgan fingerprint density at radius 3 is 2.88 bits per heavy atom. The minimum atomic E-state index is -0.294.